The summed E-state index contributed by atoms with van der Waals surface area (Å²) in [6.45, 7) is 12.6. The number of thioether (sulfide) groups is 2. The van der Waals surface area contributed by atoms with Crippen molar-refractivity contribution in [3.8, 4) is 11.5 Å². The minimum absolute atomic E-state index is 0.232. The minimum Gasteiger partial charge on any atom is -0.506 e. The molecule has 11 heteroatoms. The maximum Gasteiger partial charge on any atom is 0.142 e. The number of nitrogens with zero attached hydrogens (tertiary/aromatic N) is 4. The Morgan fingerprint density at radius 2 is 1.04 bits per heavy atom. The van der Waals surface area contributed by atoms with Crippen LogP contribution in [0.3, 0.4) is 0 Å². The monoisotopic (exact) mass is 680 g/mol. The molecule has 0 spiro atoms. The highest BCUT2D eigenvalue weighted by molar-refractivity contribution is 8.02. The summed E-state index contributed by atoms with van der Waals surface area (Å²) in [5.74, 6) is 4.73. The first-order chi connectivity index (χ1) is 23.0. The highest BCUT2D eigenvalue weighted by Crippen LogP contribution is 2.30. The van der Waals surface area contributed by atoms with Crippen molar-refractivity contribution in [3.63, 3.8) is 0 Å². The molecular formula is C36H48N4O5S2. The standard InChI is InChI=1S/C36H48N4O5S2/c1-27-29(23-33(41)35-31(27)5-3-7-37-35)25-39-9-13-43-15-17-45-18-16-44-14-10-40(12-20-47-22-21-46-19-11-39)26-30-24-34(42)36-32(28(30)2)6-4-8-38-36/h3-8,23-24,41-42H,9-22,25-26H2,1-2H3. The fourth-order valence-electron chi connectivity index (χ4n) is 5.84. The Bertz CT molecular complexity index is 1460. The lowest BCUT2D eigenvalue weighted by Gasteiger charge is -2.24. The Balaban J connectivity index is 1.16. The zero-order valence-corrected chi connectivity index (χ0v) is 29.3. The first kappa shape index (κ1) is 35.7. The van der Waals surface area contributed by atoms with Gasteiger partial charge in [0.05, 0.1) is 39.6 Å². The summed E-state index contributed by atoms with van der Waals surface area (Å²) >= 11 is 3.98. The zero-order chi connectivity index (χ0) is 32.8. The van der Waals surface area contributed by atoms with Gasteiger partial charge in [-0.25, -0.2) is 0 Å². The van der Waals surface area contributed by atoms with Crippen LogP contribution in [0.4, 0.5) is 0 Å². The topological polar surface area (TPSA) is 100 Å². The predicted molar refractivity (Wildman–Crippen MR) is 194 cm³/mol. The number of phenols is 2. The summed E-state index contributed by atoms with van der Waals surface area (Å²) in [7, 11) is 0. The van der Waals surface area contributed by atoms with Gasteiger partial charge in [-0.15, -0.1) is 0 Å². The number of ether oxygens (including phenoxy) is 3. The van der Waals surface area contributed by atoms with E-state index >= 15 is 0 Å². The summed E-state index contributed by atoms with van der Waals surface area (Å²) in [6.07, 6.45) is 3.44. The van der Waals surface area contributed by atoms with Crippen molar-refractivity contribution < 1.29 is 24.4 Å². The van der Waals surface area contributed by atoms with Gasteiger partial charge in [-0.3, -0.25) is 19.8 Å². The van der Waals surface area contributed by atoms with E-state index in [1.165, 1.54) is 0 Å². The lowest BCUT2D eigenvalue weighted by Crippen LogP contribution is -2.30. The van der Waals surface area contributed by atoms with Crippen molar-refractivity contribution in [1.29, 1.82) is 0 Å². The van der Waals surface area contributed by atoms with Gasteiger partial charge in [0.2, 0.25) is 0 Å². The van der Waals surface area contributed by atoms with Gasteiger partial charge in [-0.1, -0.05) is 12.1 Å². The Morgan fingerprint density at radius 1 is 0.617 bits per heavy atom. The molecule has 1 saturated heterocycles. The molecule has 2 aromatic heterocycles. The third kappa shape index (κ3) is 10.4. The highest BCUT2D eigenvalue weighted by Gasteiger charge is 2.15. The smallest absolute Gasteiger partial charge is 0.142 e. The van der Waals surface area contributed by atoms with E-state index in [2.05, 4.69) is 33.6 Å². The van der Waals surface area contributed by atoms with Crippen LogP contribution in [0.1, 0.15) is 22.3 Å². The highest BCUT2D eigenvalue weighted by atomic mass is 32.2. The molecule has 1 fully saturated rings. The number of hydrogen-bond donors (Lipinski definition) is 2. The van der Waals surface area contributed by atoms with Crippen LogP contribution in [-0.2, 0) is 27.3 Å². The van der Waals surface area contributed by atoms with Crippen LogP contribution < -0.4 is 0 Å². The molecule has 0 unspecified atom stereocenters. The Hall–Kier alpha value is -2.64. The zero-order valence-electron chi connectivity index (χ0n) is 27.7. The Morgan fingerprint density at radius 3 is 1.49 bits per heavy atom. The van der Waals surface area contributed by atoms with Crippen LogP contribution in [0.15, 0.2) is 48.8 Å². The normalized spacial score (nSPS) is 18.3. The first-order valence-electron chi connectivity index (χ1n) is 16.5. The average Bonchev–Trinajstić information content (AvgIpc) is 3.08. The van der Waals surface area contributed by atoms with Gasteiger partial charge < -0.3 is 24.4 Å². The van der Waals surface area contributed by atoms with Crippen molar-refractivity contribution in [3.05, 3.63) is 71.0 Å². The van der Waals surface area contributed by atoms with E-state index in [4.69, 9.17) is 14.2 Å². The molecule has 2 aromatic carbocycles. The van der Waals surface area contributed by atoms with Crippen LogP contribution >= 0.6 is 23.5 Å². The van der Waals surface area contributed by atoms with Gasteiger partial charge in [0, 0.05) is 85.4 Å². The van der Waals surface area contributed by atoms with Crippen molar-refractivity contribution >= 4 is 45.3 Å². The molecule has 1 aliphatic rings. The average molecular weight is 681 g/mol. The van der Waals surface area contributed by atoms with Crippen molar-refractivity contribution in [1.82, 2.24) is 19.8 Å². The van der Waals surface area contributed by atoms with Gasteiger partial charge in [-0.2, -0.15) is 23.5 Å². The maximum atomic E-state index is 10.7. The molecule has 0 aliphatic carbocycles. The van der Waals surface area contributed by atoms with Crippen molar-refractivity contribution in [2.45, 2.75) is 26.9 Å². The van der Waals surface area contributed by atoms with Crippen molar-refractivity contribution in [2.24, 2.45) is 0 Å². The summed E-state index contributed by atoms with van der Waals surface area (Å²) in [5.41, 5.74) is 5.86. The van der Waals surface area contributed by atoms with Crippen LogP contribution in [0.2, 0.25) is 0 Å². The molecule has 0 amide bonds. The molecule has 254 valence electrons. The van der Waals surface area contributed by atoms with E-state index in [1.807, 2.05) is 59.9 Å². The summed E-state index contributed by atoms with van der Waals surface area (Å²) in [5, 5.41) is 23.3. The number of fused-ring (bicyclic) bond motifs is 2. The van der Waals surface area contributed by atoms with E-state index in [0.717, 1.165) is 95.3 Å². The third-order valence-corrected chi connectivity index (χ3v) is 10.8. The first-order valence-corrected chi connectivity index (χ1v) is 18.8. The molecule has 0 radical (unpaired) electrons. The summed E-state index contributed by atoms with van der Waals surface area (Å²) in [6, 6.07) is 11.6. The SMILES string of the molecule is Cc1c(CN2CCOCCOCCOCCN(Cc3cc(O)c4ncccc4c3C)CCSCCSCC2)cc(O)c2ncccc12. The summed E-state index contributed by atoms with van der Waals surface area (Å²) in [4.78, 5) is 13.6. The number of rotatable bonds is 4. The van der Waals surface area contributed by atoms with Crippen LogP contribution in [-0.4, -0.2) is 119 Å². The quantitative estimate of drug-likeness (QED) is 0.280. The molecule has 47 heavy (non-hydrogen) atoms. The summed E-state index contributed by atoms with van der Waals surface area (Å²) < 4.78 is 17.6. The van der Waals surface area contributed by atoms with E-state index < -0.39 is 0 Å². The van der Waals surface area contributed by atoms with E-state index in [9.17, 15) is 10.2 Å². The minimum atomic E-state index is 0.232. The Kier molecular flexibility index (Phi) is 14.3. The molecule has 5 rings (SSSR count). The van der Waals surface area contributed by atoms with Crippen molar-refractivity contribution in [2.75, 3.05) is 88.8 Å². The fraction of sp³-hybridized carbons (Fsp3) is 0.500. The van der Waals surface area contributed by atoms with Crippen LogP contribution in [0.25, 0.3) is 21.8 Å². The lowest BCUT2D eigenvalue weighted by atomic mass is 10.0. The fourth-order valence-corrected chi connectivity index (χ4v) is 7.97. The lowest BCUT2D eigenvalue weighted by molar-refractivity contribution is 0.00696. The molecule has 2 N–H and O–H groups in total. The molecule has 4 aromatic rings. The molecule has 9 nitrogen and oxygen atoms in total. The molecule has 0 saturated carbocycles. The number of aromatic nitrogens is 2. The molecular weight excluding hydrogens is 633 g/mol. The Labute approximate surface area is 287 Å². The van der Waals surface area contributed by atoms with Gasteiger partial charge >= 0.3 is 0 Å². The van der Waals surface area contributed by atoms with Gasteiger partial charge in [0.15, 0.2) is 0 Å². The second kappa shape index (κ2) is 18.8. The van der Waals surface area contributed by atoms with Crippen LogP contribution in [0.5, 0.6) is 11.5 Å². The predicted octanol–water partition coefficient (Wildman–Crippen LogP) is 5.65. The van der Waals surface area contributed by atoms with E-state index in [1.54, 1.807) is 12.4 Å². The second-order valence-electron chi connectivity index (χ2n) is 11.8. The molecule has 1 aliphatic heterocycles. The second-order valence-corrected chi connectivity index (χ2v) is 14.2. The number of aromatic hydroxyl groups is 2. The number of benzene rings is 2. The number of phenolic OH excluding ortho intramolecular Hbond substituents is 2. The van der Waals surface area contributed by atoms with E-state index in [-0.39, 0.29) is 11.5 Å². The van der Waals surface area contributed by atoms with Gasteiger partial charge in [0.1, 0.15) is 22.5 Å². The third-order valence-electron chi connectivity index (χ3n) is 8.61. The van der Waals surface area contributed by atoms with Gasteiger partial charge in [0.25, 0.3) is 0 Å². The number of aryl methyl sites for hydroxylation is 2. The largest absolute Gasteiger partial charge is 0.506 e. The number of pyridine rings is 2. The molecule has 3 heterocycles. The number of hydrogen-bond acceptors (Lipinski definition) is 11. The van der Waals surface area contributed by atoms with Gasteiger partial charge in [-0.05, 0) is 60.4 Å². The maximum absolute atomic E-state index is 10.7. The van der Waals surface area contributed by atoms with Crippen LogP contribution in [0, 0.1) is 13.8 Å². The van der Waals surface area contributed by atoms with E-state index in [0.29, 0.717) is 50.7 Å². The molecule has 0 atom stereocenters. The molecule has 0 bridgehead atoms.